The lowest BCUT2D eigenvalue weighted by Crippen LogP contribution is -2.29. The van der Waals surface area contributed by atoms with Crippen LogP contribution in [0.1, 0.15) is 29.9 Å². The number of nitrogens with one attached hydrogen (secondary N) is 2. The SMILES string of the molecule is CC(C)(Nc1cnc2ccc(C(=O)NO)cc2n1)c1ccccn1. The van der Waals surface area contributed by atoms with Crippen molar-refractivity contribution in [1.82, 2.24) is 20.4 Å². The number of amides is 1. The van der Waals surface area contributed by atoms with E-state index >= 15 is 0 Å². The van der Waals surface area contributed by atoms with Gasteiger partial charge < -0.3 is 5.32 Å². The van der Waals surface area contributed by atoms with Gasteiger partial charge in [0, 0.05) is 11.8 Å². The maximum absolute atomic E-state index is 11.5. The summed E-state index contributed by atoms with van der Waals surface area (Å²) in [6, 6.07) is 10.6. The van der Waals surface area contributed by atoms with E-state index < -0.39 is 11.4 Å². The molecule has 122 valence electrons. The van der Waals surface area contributed by atoms with Crippen LogP contribution in [-0.4, -0.2) is 26.1 Å². The van der Waals surface area contributed by atoms with Crippen LogP contribution in [0.3, 0.4) is 0 Å². The molecule has 1 amide bonds. The van der Waals surface area contributed by atoms with E-state index in [1.165, 1.54) is 0 Å². The molecule has 2 heterocycles. The van der Waals surface area contributed by atoms with Gasteiger partial charge in [-0.1, -0.05) is 6.07 Å². The van der Waals surface area contributed by atoms with Crippen LogP contribution >= 0.6 is 0 Å². The number of carbonyl (C=O) groups is 1. The highest BCUT2D eigenvalue weighted by atomic mass is 16.5. The predicted octanol–water partition coefficient (Wildman–Crippen LogP) is 2.49. The molecule has 0 atom stereocenters. The van der Waals surface area contributed by atoms with Crippen LogP contribution in [0.5, 0.6) is 0 Å². The molecule has 0 aliphatic rings. The molecule has 0 spiro atoms. The zero-order valence-corrected chi connectivity index (χ0v) is 13.3. The fourth-order valence-corrected chi connectivity index (χ4v) is 2.39. The molecule has 0 aliphatic carbocycles. The molecule has 1 aromatic carbocycles. The minimum atomic E-state index is -0.592. The van der Waals surface area contributed by atoms with Crippen molar-refractivity contribution in [2.24, 2.45) is 0 Å². The van der Waals surface area contributed by atoms with Crippen LogP contribution in [-0.2, 0) is 5.54 Å². The maximum Gasteiger partial charge on any atom is 0.274 e. The van der Waals surface area contributed by atoms with E-state index in [1.54, 1.807) is 36.1 Å². The van der Waals surface area contributed by atoms with Gasteiger partial charge in [0.15, 0.2) is 0 Å². The van der Waals surface area contributed by atoms with Crippen molar-refractivity contribution in [3.05, 3.63) is 60.0 Å². The molecule has 3 rings (SSSR count). The zero-order valence-electron chi connectivity index (χ0n) is 13.3. The first-order chi connectivity index (χ1) is 11.5. The topological polar surface area (TPSA) is 100 Å². The number of aromatic nitrogens is 3. The fourth-order valence-electron chi connectivity index (χ4n) is 2.39. The largest absolute Gasteiger partial charge is 0.358 e. The second kappa shape index (κ2) is 6.21. The number of anilines is 1. The van der Waals surface area contributed by atoms with Gasteiger partial charge in [0.2, 0.25) is 0 Å². The van der Waals surface area contributed by atoms with E-state index in [4.69, 9.17) is 5.21 Å². The van der Waals surface area contributed by atoms with Crippen LogP contribution < -0.4 is 10.8 Å². The Hall–Kier alpha value is -3.06. The average Bonchev–Trinajstić information content (AvgIpc) is 2.61. The third-order valence-electron chi connectivity index (χ3n) is 3.65. The summed E-state index contributed by atoms with van der Waals surface area (Å²) < 4.78 is 0. The van der Waals surface area contributed by atoms with Gasteiger partial charge >= 0.3 is 0 Å². The van der Waals surface area contributed by atoms with Crippen LogP contribution in [0.2, 0.25) is 0 Å². The van der Waals surface area contributed by atoms with Crippen molar-refractivity contribution in [2.45, 2.75) is 19.4 Å². The number of fused-ring (bicyclic) bond motifs is 1. The molecule has 2 aromatic heterocycles. The number of hydrogen-bond acceptors (Lipinski definition) is 6. The smallest absolute Gasteiger partial charge is 0.274 e. The van der Waals surface area contributed by atoms with Crippen molar-refractivity contribution in [3.63, 3.8) is 0 Å². The molecular formula is C17H17N5O2. The number of hydroxylamine groups is 1. The lowest BCUT2D eigenvalue weighted by atomic mass is 10.00. The Bertz CT molecular complexity index is 881. The Morgan fingerprint density at radius 3 is 2.67 bits per heavy atom. The zero-order chi connectivity index (χ0) is 17.2. The summed E-state index contributed by atoms with van der Waals surface area (Å²) in [5, 5.41) is 12.0. The number of benzene rings is 1. The molecule has 0 radical (unpaired) electrons. The van der Waals surface area contributed by atoms with Gasteiger partial charge in [-0.25, -0.2) is 10.5 Å². The highest BCUT2D eigenvalue weighted by Crippen LogP contribution is 2.23. The van der Waals surface area contributed by atoms with Crippen LogP contribution in [0, 0.1) is 0 Å². The number of carbonyl (C=O) groups excluding carboxylic acids is 1. The van der Waals surface area contributed by atoms with Crippen LogP contribution in [0.15, 0.2) is 48.8 Å². The van der Waals surface area contributed by atoms with Gasteiger partial charge in [-0.05, 0) is 44.2 Å². The third kappa shape index (κ3) is 3.16. The summed E-state index contributed by atoms with van der Waals surface area (Å²) in [5.41, 5.74) is 3.56. The Labute approximate surface area is 138 Å². The van der Waals surface area contributed by atoms with Crippen molar-refractivity contribution in [2.75, 3.05) is 5.32 Å². The lowest BCUT2D eigenvalue weighted by Gasteiger charge is -2.26. The van der Waals surface area contributed by atoms with E-state index in [9.17, 15) is 4.79 Å². The van der Waals surface area contributed by atoms with Crippen molar-refractivity contribution < 1.29 is 10.0 Å². The molecule has 24 heavy (non-hydrogen) atoms. The van der Waals surface area contributed by atoms with E-state index in [0.717, 1.165) is 5.69 Å². The van der Waals surface area contributed by atoms with Gasteiger partial charge in [0.1, 0.15) is 5.82 Å². The first kappa shape index (κ1) is 15.8. The molecule has 0 fully saturated rings. The second-order valence-corrected chi connectivity index (χ2v) is 5.86. The molecule has 0 bridgehead atoms. The number of rotatable bonds is 4. The van der Waals surface area contributed by atoms with Gasteiger partial charge in [0.05, 0.1) is 28.5 Å². The normalized spacial score (nSPS) is 11.3. The van der Waals surface area contributed by atoms with Crippen LogP contribution in [0.25, 0.3) is 11.0 Å². The molecule has 7 nitrogen and oxygen atoms in total. The Balaban J connectivity index is 1.94. The van der Waals surface area contributed by atoms with E-state index in [0.29, 0.717) is 22.4 Å². The summed E-state index contributed by atoms with van der Waals surface area (Å²) in [4.78, 5) is 24.7. The monoisotopic (exact) mass is 323 g/mol. The quantitative estimate of drug-likeness (QED) is 0.504. The highest BCUT2D eigenvalue weighted by molar-refractivity contribution is 5.96. The highest BCUT2D eigenvalue weighted by Gasteiger charge is 2.22. The molecular weight excluding hydrogens is 306 g/mol. The van der Waals surface area contributed by atoms with E-state index in [1.807, 2.05) is 32.0 Å². The Morgan fingerprint density at radius 2 is 1.96 bits per heavy atom. The first-order valence-corrected chi connectivity index (χ1v) is 7.40. The molecule has 3 aromatic rings. The van der Waals surface area contributed by atoms with Gasteiger partial charge in [-0.2, -0.15) is 0 Å². The summed E-state index contributed by atoms with van der Waals surface area (Å²) in [7, 11) is 0. The van der Waals surface area contributed by atoms with Crippen molar-refractivity contribution in [1.29, 1.82) is 0 Å². The molecule has 0 unspecified atom stereocenters. The number of nitrogens with zero attached hydrogens (tertiary/aromatic N) is 3. The summed E-state index contributed by atoms with van der Waals surface area (Å²) >= 11 is 0. The summed E-state index contributed by atoms with van der Waals surface area (Å²) in [6.07, 6.45) is 3.38. The predicted molar refractivity (Wildman–Crippen MR) is 89.7 cm³/mol. The number of pyridine rings is 1. The lowest BCUT2D eigenvalue weighted by molar-refractivity contribution is 0.0706. The summed E-state index contributed by atoms with van der Waals surface area (Å²) in [5.74, 6) is -0.0226. The molecule has 0 aliphatic heterocycles. The molecule has 7 heteroatoms. The first-order valence-electron chi connectivity index (χ1n) is 7.40. The van der Waals surface area contributed by atoms with E-state index in [-0.39, 0.29) is 0 Å². The minimum absolute atomic E-state index is 0.306. The van der Waals surface area contributed by atoms with Crippen molar-refractivity contribution in [3.8, 4) is 0 Å². The molecule has 3 N–H and O–H groups in total. The van der Waals surface area contributed by atoms with Gasteiger partial charge in [0.25, 0.3) is 5.91 Å². The standard InChI is InChI=1S/C17H17N5O2/c1-17(2,14-5-3-4-8-18-14)21-15-10-19-12-7-6-11(16(23)22-24)9-13(12)20-15/h3-10,24H,1-2H3,(H,20,21)(H,22,23). The number of hydrogen-bond donors (Lipinski definition) is 3. The Kier molecular flexibility index (Phi) is 4.09. The van der Waals surface area contributed by atoms with Crippen LogP contribution in [0.4, 0.5) is 5.82 Å². The molecule has 0 saturated heterocycles. The average molecular weight is 323 g/mol. The fraction of sp³-hybridized carbons (Fsp3) is 0.176. The second-order valence-electron chi connectivity index (χ2n) is 5.86. The summed E-state index contributed by atoms with van der Waals surface area (Å²) in [6.45, 7) is 3.99. The minimum Gasteiger partial charge on any atom is -0.358 e. The van der Waals surface area contributed by atoms with E-state index in [2.05, 4.69) is 20.3 Å². The van der Waals surface area contributed by atoms with Crippen molar-refractivity contribution >= 4 is 22.8 Å². The Morgan fingerprint density at radius 1 is 1.12 bits per heavy atom. The van der Waals surface area contributed by atoms with Gasteiger partial charge in [-0.3, -0.25) is 20.0 Å². The molecule has 0 saturated carbocycles. The maximum atomic E-state index is 11.5. The third-order valence-corrected chi connectivity index (χ3v) is 3.65. The van der Waals surface area contributed by atoms with Gasteiger partial charge in [-0.15, -0.1) is 0 Å².